The van der Waals surface area contributed by atoms with Gasteiger partial charge in [-0.15, -0.1) is 0 Å². The summed E-state index contributed by atoms with van der Waals surface area (Å²) in [5.41, 5.74) is 0. The molecule has 1 aliphatic heterocycles. The molecular formula is C10H19NO3. The Labute approximate surface area is 85.2 Å². The van der Waals surface area contributed by atoms with E-state index in [0.717, 1.165) is 39.1 Å². The molecule has 1 saturated heterocycles. The van der Waals surface area contributed by atoms with Gasteiger partial charge in [-0.1, -0.05) is 0 Å². The van der Waals surface area contributed by atoms with Crippen molar-refractivity contribution in [2.45, 2.75) is 19.3 Å². The first-order valence-electron chi connectivity index (χ1n) is 5.20. The van der Waals surface area contributed by atoms with E-state index in [1.165, 1.54) is 0 Å². The van der Waals surface area contributed by atoms with Gasteiger partial charge >= 0.3 is 5.97 Å². The first-order chi connectivity index (χ1) is 6.83. The molecule has 0 atom stereocenters. The molecule has 82 valence electrons. The van der Waals surface area contributed by atoms with Gasteiger partial charge < -0.3 is 14.4 Å². The standard InChI is InChI=1S/C10H19NO3/c1-13-8-2-3-9-14-10(12)4-5-11-6-7-11/h2-9H2,1H3. The highest BCUT2D eigenvalue weighted by atomic mass is 16.5. The third kappa shape index (κ3) is 5.94. The zero-order valence-corrected chi connectivity index (χ0v) is 8.83. The summed E-state index contributed by atoms with van der Waals surface area (Å²) < 4.78 is 9.93. The minimum absolute atomic E-state index is 0.0747. The molecule has 1 aliphatic rings. The van der Waals surface area contributed by atoms with Gasteiger partial charge in [-0.2, -0.15) is 0 Å². The molecule has 4 nitrogen and oxygen atoms in total. The van der Waals surface area contributed by atoms with Crippen LogP contribution >= 0.6 is 0 Å². The molecule has 0 bridgehead atoms. The Balaban J connectivity index is 1.81. The van der Waals surface area contributed by atoms with Crippen LogP contribution in [0, 0.1) is 0 Å². The van der Waals surface area contributed by atoms with Gasteiger partial charge in [-0.05, 0) is 12.8 Å². The molecule has 1 fully saturated rings. The van der Waals surface area contributed by atoms with Crippen LogP contribution in [0.25, 0.3) is 0 Å². The van der Waals surface area contributed by atoms with Crippen molar-refractivity contribution in [1.82, 2.24) is 4.90 Å². The molecule has 0 amide bonds. The molecule has 0 spiro atoms. The molecule has 0 aromatic rings. The monoisotopic (exact) mass is 201 g/mol. The highest BCUT2D eigenvalue weighted by molar-refractivity contribution is 5.69. The van der Waals surface area contributed by atoms with Gasteiger partial charge in [0.25, 0.3) is 0 Å². The van der Waals surface area contributed by atoms with Gasteiger partial charge in [0, 0.05) is 33.4 Å². The molecule has 0 radical (unpaired) electrons. The van der Waals surface area contributed by atoms with E-state index in [0.29, 0.717) is 13.0 Å². The fraction of sp³-hybridized carbons (Fsp3) is 0.900. The van der Waals surface area contributed by atoms with Gasteiger partial charge in [0.15, 0.2) is 0 Å². The SMILES string of the molecule is COCCCCOC(=O)CCN1CC1. The maximum absolute atomic E-state index is 11.1. The number of carbonyl (C=O) groups excluding carboxylic acids is 1. The van der Waals surface area contributed by atoms with E-state index in [-0.39, 0.29) is 5.97 Å². The third-order valence-electron chi connectivity index (χ3n) is 2.18. The van der Waals surface area contributed by atoms with Crippen LogP contribution in [-0.2, 0) is 14.3 Å². The van der Waals surface area contributed by atoms with Crippen LogP contribution in [0.4, 0.5) is 0 Å². The Kier molecular flexibility index (Phi) is 5.56. The number of methoxy groups -OCH3 is 1. The predicted octanol–water partition coefficient (Wildman–Crippen LogP) is 0.662. The summed E-state index contributed by atoms with van der Waals surface area (Å²) in [5, 5.41) is 0. The lowest BCUT2D eigenvalue weighted by Gasteiger charge is -2.04. The summed E-state index contributed by atoms with van der Waals surface area (Å²) in [4.78, 5) is 13.3. The average molecular weight is 201 g/mol. The summed E-state index contributed by atoms with van der Waals surface area (Å²) in [7, 11) is 1.68. The maximum atomic E-state index is 11.1. The van der Waals surface area contributed by atoms with Crippen molar-refractivity contribution in [3.8, 4) is 0 Å². The Hall–Kier alpha value is -0.610. The molecule has 0 aliphatic carbocycles. The number of hydrogen-bond acceptors (Lipinski definition) is 4. The first-order valence-corrected chi connectivity index (χ1v) is 5.20. The topological polar surface area (TPSA) is 38.5 Å². The van der Waals surface area contributed by atoms with E-state index in [4.69, 9.17) is 9.47 Å². The lowest BCUT2D eigenvalue weighted by atomic mass is 10.3. The predicted molar refractivity (Wildman–Crippen MR) is 53.1 cm³/mol. The Morgan fingerprint density at radius 2 is 2.00 bits per heavy atom. The smallest absolute Gasteiger partial charge is 0.307 e. The molecule has 0 saturated carbocycles. The molecule has 0 N–H and O–H groups in total. The van der Waals surface area contributed by atoms with Gasteiger partial charge in [-0.3, -0.25) is 4.79 Å². The van der Waals surface area contributed by atoms with Crippen LogP contribution in [0.3, 0.4) is 0 Å². The Bertz CT molecular complexity index is 169. The van der Waals surface area contributed by atoms with Gasteiger partial charge in [-0.25, -0.2) is 0 Å². The lowest BCUT2D eigenvalue weighted by molar-refractivity contribution is -0.143. The molecule has 4 heteroatoms. The van der Waals surface area contributed by atoms with Crippen molar-refractivity contribution >= 4 is 5.97 Å². The van der Waals surface area contributed by atoms with Crippen molar-refractivity contribution in [3.05, 3.63) is 0 Å². The van der Waals surface area contributed by atoms with E-state index in [1.54, 1.807) is 7.11 Å². The number of ether oxygens (including phenoxy) is 2. The number of rotatable bonds is 8. The van der Waals surface area contributed by atoms with Crippen LogP contribution in [0.2, 0.25) is 0 Å². The largest absolute Gasteiger partial charge is 0.466 e. The third-order valence-corrected chi connectivity index (χ3v) is 2.18. The van der Waals surface area contributed by atoms with Crippen molar-refractivity contribution in [1.29, 1.82) is 0 Å². The summed E-state index contributed by atoms with van der Waals surface area (Å²) in [6.07, 6.45) is 2.38. The number of esters is 1. The van der Waals surface area contributed by atoms with Crippen LogP contribution in [0.1, 0.15) is 19.3 Å². The number of carbonyl (C=O) groups is 1. The molecule has 0 aromatic carbocycles. The molecule has 0 aromatic heterocycles. The zero-order valence-electron chi connectivity index (χ0n) is 8.83. The quantitative estimate of drug-likeness (QED) is 0.328. The minimum Gasteiger partial charge on any atom is -0.466 e. The van der Waals surface area contributed by atoms with Crippen molar-refractivity contribution in [2.24, 2.45) is 0 Å². The highest BCUT2D eigenvalue weighted by Gasteiger charge is 2.17. The lowest BCUT2D eigenvalue weighted by Crippen LogP contribution is -2.11. The van der Waals surface area contributed by atoms with Gasteiger partial charge in [0.2, 0.25) is 0 Å². The van der Waals surface area contributed by atoms with Crippen LogP contribution in [0.15, 0.2) is 0 Å². The van der Waals surface area contributed by atoms with E-state index in [9.17, 15) is 4.79 Å². The van der Waals surface area contributed by atoms with Gasteiger partial charge in [0.1, 0.15) is 0 Å². The van der Waals surface area contributed by atoms with E-state index >= 15 is 0 Å². The summed E-state index contributed by atoms with van der Waals surface area (Å²) in [6, 6.07) is 0. The normalized spacial score (nSPS) is 15.5. The number of unbranched alkanes of at least 4 members (excludes halogenated alkanes) is 1. The summed E-state index contributed by atoms with van der Waals surface area (Å²) >= 11 is 0. The highest BCUT2D eigenvalue weighted by Crippen LogP contribution is 2.04. The van der Waals surface area contributed by atoms with E-state index in [2.05, 4.69) is 4.90 Å². The number of nitrogens with zero attached hydrogens (tertiary/aromatic N) is 1. The Morgan fingerprint density at radius 3 is 2.64 bits per heavy atom. The van der Waals surface area contributed by atoms with Crippen molar-refractivity contribution in [2.75, 3.05) is 40.0 Å². The fourth-order valence-electron chi connectivity index (χ4n) is 1.15. The fourth-order valence-corrected chi connectivity index (χ4v) is 1.15. The van der Waals surface area contributed by atoms with E-state index in [1.807, 2.05) is 0 Å². The second-order valence-electron chi connectivity index (χ2n) is 3.51. The van der Waals surface area contributed by atoms with Crippen LogP contribution < -0.4 is 0 Å². The second kappa shape index (κ2) is 6.79. The molecule has 14 heavy (non-hydrogen) atoms. The summed E-state index contributed by atoms with van der Waals surface area (Å²) in [6.45, 7) is 4.41. The van der Waals surface area contributed by atoms with Crippen molar-refractivity contribution < 1.29 is 14.3 Å². The van der Waals surface area contributed by atoms with Crippen molar-refractivity contribution in [3.63, 3.8) is 0 Å². The molecule has 1 rings (SSSR count). The van der Waals surface area contributed by atoms with Crippen LogP contribution in [0.5, 0.6) is 0 Å². The van der Waals surface area contributed by atoms with E-state index < -0.39 is 0 Å². The first kappa shape index (κ1) is 11.5. The minimum atomic E-state index is -0.0747. The molecular weight excluding hydrogens is 182 g/mol. The Morgan fingerprint density at radius 1 is 1.29 bits per heavy atom. The average Bonchev–Trinajstić information content (AvgIpc) is 2.98. The summed E-state index contributed by atoms with van der Waals surface area (Å²) in [5.74, 6) is -0.0747. The number of hydrogen-bond donors (Lipinski definition) is 0. The molecule has 0 unspecified atom stereocenters. The maximum Gasteiger partial charge on any atom is 0.307 e. The second-order valence-corrected chi connectivity index (χ2v) is 3.51. The zero-order chi connectivity index (χ0) is 10.2. The van der Waals surface area contributed by atoms with Crippen LogP contribution in [-0.4, -0.2) is 50.8 Å². The molecule has 1 heterocycles. The van der Waals surface area contributed by atoms with Gasteiger partial charge in [0.05, 0.1) is 13.0 Å².